The van der Waals surface area contributed by atoms with E-state index < -0.39 is 0 Å². The van der Waals surface area contributed by atoms with E-state index in [1.54, 1.807) is 7.11 Å². The summed E-state index contributed by atoms with van der Waals surface area (Å²) in [5, 5.41) is 0. The number of rotatable bonds is 3. The quantitative estimate of drug-likeness (QED) is 0.712. The molecule has 1 aliphatic heterocycles. The lowest BCUT2D eigenvalue weighted by molar-refractivity contribution is 0.0735. The first-order valence-corrected chi connectivity index (χ1v) is 8.47. The zero-order chi connectivity index (χ0) is 15.5. The van der Waals surface area contributed by atoms with E-state index in [1.807, 2.05) is 41.3 Å². The summed E-state index contributed by atoms with van der Waals surface area (Å²) in [5.41, 5.74) is 1.94. The molecular weight excluding hydrogens is 389 g/mol. The third-order valence-electron chi connectivity index (χ3n) is 4.11. The summed E-state index contributed by atoms with van der Waals surface area (Å²) in [7, 11) is 1.66. The predicted octanol–water partition coefficient (Wildman–Crippen LogP) is 4.28. The maximum Gasteiger partial charge on any atom is 0.254 e. The number of halogens is 1. The third-order valence-corrected chi connectivity index (χ3v) is 4.82. The van der Waals surface area contributed by atoms with E-state index in [4.69, 9.17) is 4.74 Å². The van der Waals surface area contributed by atoms with Crippen LogP contribution in [0.15, 0.2) is 48.5 Å². The van der Waals surface area contributed by atoms with Crippen molar-refractivity contribution in [1.82, 2.24) is 4.90 Å². The molecule has 0 saturated carbocycles. The van der Waals surface area contributed by atoms with Gasteiger partial charge in [-0.3, -0.25) is 4.79 Å². The van der Waals surface area contributed by atoms with Crippen molar-refractivity contribution in [3.05, 3.63) is 63.2 Å². The Morgan fingerprint density at radius 1 is 1.14 bits per heavy atom. The Morgan fingerprint density at radius 3 is 2.45 bits per heavy atom. The minimum absolute atomic E-state index is 0.120. The molecule has 1 heterocycles. The van der Waals surface area contributed by atoms with Gasteiger partial charge in [0.25, 0.3) is 5.91 Å². The van der Waals surface area contributed by atoms with Crippen LogP contribution in [0.25, 0.3) is 0 Å². The van der Waals surface area contributed by atoms with Gasteiger partial charge in [0.05, 0.1) is 13.2 Å². The van der Waals surface area contributed by atoms with Crippen molar-refractivity contribution in [3.8, 4) is 5.75 Å². The smallest absolute Gasteiger partial charge is 0.254 e. The molecule has 2 aromatic rings. The van der Waals surface area contributed by atoms with E-state index in [1.165, 1.54) is 5.56 Å². The highest BCUT2D eigenvalue weighted by atomic mass is 127. The van der Waals surface area contributed by atoms with Crippen LogP contribution in [-0.2, 0) is 0 Å². The minimum Gasteiger partial charge on any atom is -0.497 e. The second kappa shape index (κ2) is 6.69. The first-order valence-electron chi connectivity index (χ1n) is 7.39. The fourth-order valence-electron chi connectivity index (χ4n) is 2.94. The highest BCUT2D eigenvalue weighted by Crippen LogP contribution is 2.33. The van der Waals surface area contributed by atoms with Crippen LogP contribution >= 0.6 is 22.6 Å². The first kappa shape index (κ1) is 15.3. The fraction of sp³-hybridized carbons (Fsp3) is 0.278. The molecule has 1 fully saturated rings. The molecule has 0 bridgehead atoms. The number of carbonyl (C=O) groups is 1. The van der Waals surface area contributed by atoms with Gasteiger partial charge in [-0.1, -0.05) is 12.1 Å². The number of likely N-dealkylation sites (tertiary alicyclic amines) is 1. The van der Waals surface area contributed by atoms with Crippen LogP contribution in [0.1, 0.15) is 34.8 Å². The molecule has 114 valence electrons. The summed E-state index contributed by atoms with van der Waals surface area (Å²) in [5.74, 6) is 0.965. The molecule has 1 saturated heterocycles. The lowest BCUT2D eigenvalue weighted by Gasteiger charge is -2.25. The van der Waals surface area contributed by atoms with Gasteiger partial charge in [-0.25, -0.2) is 0 Å². The largest absolute Gasteiger partial charge is 0.497 e. The number of hydrogen-bond acceptors (Lipinski definition) is 2. The van der Waals surface area contributed by atoms with Crippen LogP contribution in [-0.4, -0.2) is 24.5 Å². The van der Waals surface area contributed by atoms with E-state index in [0.29, 0.717) is 0 Å². The molecule has 4 heteroatoms. The molecular formula is C18H18INO2. The number of amides is 1. The van der Waals surface area contributed by atoms with Gasteiger partial charge in [-0.05, 0) is 77.4 Å². The maximum atomic E-state index is 12.8. The number of hydrogen-bond donors (Lipinski definition) is 0. The summed E-state index contributed by atoms with van der Waals surface area (Å²) in [6.45, 7) is 0.821. The molecule has 2 aromatic carbocycles. The summed E-state index contributed by atoms with van der Waals surface area (Å²) in [6.07, 6.45) is 2.06. The number of nitrogens with zero attached hydrogens (tertiary/aromatic N) is 1. The molecule has 1 aliphatic rings. The summed E-state index contributed by atoms with van der Waals surface area (Å²) in [4.78, 5) is 14.8. The summed E-state index contributed by atoms with van der Waals surface area (Å²) >= 11 is 2.25. The Bertz CT molecular complexity index is 652. The summed E-state index contributed by atoms with van der Waals surface area (Å²) < 4.78 is 6.35. The molecule has 0 radical (unpaired) electrons. The molecule has 3 nitrogen and oxygen atoms in total. The van der Waals surface area contributed by atoms with Crippen molar-refractivity contribution in [2.24, 2.45) is 0 Å². The van der Waals surface area contributed by atoms with E-state index in [2.05, 4.69) is 34.7 Å². The molecule has 3 rings (SSSR count). The highest BCUT2D eigenvalue weighted by Gasteiger charge is 2.30. The van der Waals surface area contributed by atoms with Crippen molar-refractivity contribution >= 4 is 28.5 Å². The van der Waals surface area contributed by atoms with Crippen molar-refractivity contribution in [1.29, 1.82) is 0 Å². The maximum absolute atomic E-state index is 12.8. The lowest BCUT2D eigenvalue weighted by atomic mass is 10.0. The number of carbonyl (C=O) groups excluding carboxylic acids is 1. The van der Waals surface area contributed by atoms with Crippen LogP contribution in [0.3, 0.4) is 0 Å². The number of ether oxygens (including phenoxy) is 1. The zero-order valence-corrected chi connectivity index (χ0v) is 14.6. The van der Waals surface area contributed by atoms with Gasteiger partial charge in [0.2, 0.25) is 0 Å². The van der Waals surface area contributed by atoms with Crippen molar-refractivity contribution in [2.75, 3.05) is 13.7 Å². The average Bonchev–Trinajstić information content (AvgIpc) is 3.04. The van der Waals surface area contributed by atoms with Crippen molar-refractivity contribution < 1.29 is 9.53 Å². The third kappa shape index (κ3) is 3.11. The molecule has 22 heavy (non-hydrogen) atoms. The molecule has 1 atom stereocenters. The number of methoxy groups -OCH3 is 1. The monoisotopic (exact) mass is 407 g/mol. The van der Waals surface area contributed by atoms with Crippen molar-refractivity contribution in [2.45, 2.75) is 18.9 Å². The number of benzene rings is 2. The molecule has 0 spiro atoms. The standard InChI is InChI=1S/C18H18INO2/c1-22-16-10-6-13(7-11-16)17-3-2-12-20(17)18(21)14-4-8-15(19)9-5-14/h4-11,17H,2-3,12H2,1H3. The molecule has 0 aromatic heterocycles. The SMILES string of the molecule is COc1ccc(C2CCCN2C(=O)c2ccc(I)cc2)cc1. The van der Waals surface area contributed by atoms with Crippen LogP contribution in [0.2, 0.25) is 0 Å². The summed E-state index contributed by atoms with van der Waals surface area (Å²) in [6, 6.07) is 16.0. The van der Waals surface area contributed by atoms with Crippen molar-refractivity contribution in [3.63, 3.8) is 0 Å². The van der Waals surface area contributed by atoms with Gasteiger partial charge in [-0.15, -0.1) is 0 Å². The molecule has 0 aliphatic carbocycles. The Kier molecular flexibility index (Phi) is 4.66. The topological polar surface area (TPSA) is 29.5 Å². The van der Waals surface area contributed by atoms with Gasteiger partial charge >= 0.3 is 0 Å². The van der Waals surface area contributed by atoms with E-state index in [-0.39, 0.29) is 11.9 Å². The lowest BCUT2D eigenvalue weighted by Crippen LogP contribution is -2.30. The fourth-order valence-corrected chi connectivity index (χ4v) is 3.30. The van der Waals surface area contributed by atoms with Gasteiger partial charge < -0.3 is 9.64 Å². The van der Waals surface area contributed by atoms with E-state index in [9.17, 15) is 4.79 Å². The first-order chi connectivity index (χ1) is 10.7. The van der Waals surface area contributed by atoms with Gasteiger partial charge in [0.15, 0.2) is 0 Å². The predicted molar refractivity (Wildman–Crippen MR) is 95.2 cm³/mol. The highest BCUT2D eigenvalue weighted by molar-refractivity contribution is 14.1. The van der Waals surface area contributed by atoms with Crippen LogP contribution in [0, 0.1) is 3.57 Å². The molecule has 1 unspecified atom stereocenters. The Labute approximate surface area is 144 Å². The van der Waals surface area contributed by atoms with Crippen LogP contribution < -0.4 is 4.74 Å². The molecule has 1 amide bonds. The Balaban J connectivity index is 1.82. The molecule has 0 N–H and O–H groups in total. The Hall–Kier alpha value is -1.56. The average molecular weight is 407 g/mol. The minimum atomic E-state index is 0.120. The van der Waals surface area contributed by atoms with Gasteiger partial charge in [0, 0.05) is 15.7 Å². The van der Waals surface area contributed by atoms with Gasteiger partial charge in [-0.2, -0.15) is 0 Å². The Morgan fingerprint density at radius 2 is 1.82 bits per heavy atom. The van der Waals surface area contributed by atoms with Gasteiger partial charge in [0.1, 0.15) is 5.75 Å². The van der Waals surface area contributed by atoms with E-state index in [0.717, 1.165) is 34.3 Å². The van der Waals surface area contributed by atoms with Crippen LogP contribution in [0.5, 0.6) is 5.75 Å². The normalized spacial score (nSPS) is 17.5. The zero-order valence-electron chi connectivity index (χ0n) is 12.5. The van der Waals surface area contributed by atoms with E-state index >= 15 is 0 Å². The van der Waals surface area contributed by atoms with Crippen LogP contribution in [0.4, 0.5) is 0 Å². The second-order valence-corrected chi connectivity index (χ2v) is 6.68. The second-order valence-electron chi connectivity index (χ2n) is 5.44.